The Labute approximate surface area is 89.4 Å². The number of epoxide rings is 1. The van der Waals surface area contributed by atoms with Crippen molar-refractivity contribution in [3.63, 3.8) is 0 Å². The summed E-state index contributed by atoms with van der Waals surface area (Å²) in [5.41, 5.74) is -0.0463. The lowest BCUT2D eigenvalue weighted by Crippen LogP contribution is -2.18. The zero-order valence-corrected chi connectivity index (χ0v) is 9.33. The van der Waals surface area contributed by atoms with Crippen molar-refractivity contribution in [2.45, 2.75) is 25.9 Å². The molecular formula is C10H14O4S. The normalized spacial score (nSPS) is 35.1. The standard InChI is InChI=1S/C10H14O4S/c1-10(6-8-7-14-8)4-2-9(3-5-10)15(11,12)13/h2-4,8H,5-7H2,1H3,(H,11,12,13)/t8?,10-/m1/s1. The highest BCUT2D eigenvalue weighted by molar-refractivity contribution is 7.90. The fourth-order valence-corrected chi connectivity index (χ4v) is 2.34. The van der Waals surface area contributed by atoms with Crippen LogP contribution in [0.3, 0.4) is 0 Å². The zero-order valence-electron chi connectivity index (χ0n) is 8.51. The monoisotopic (exact) mass is 230 g/mol. The van der Waals surface area contributed by atoms with Crippen LogP contribution in [0.4, 0.5) is 0 Å². The Balaban J connectivity index is 2.08. The van der Waals surface area contributed by atoms with E-state index in [-0.39, 0.29) is 10.3 Å². The third kappa shape index (κ3) is 2.68. The van der Waals surface area contributed by atoms with E-state index in [2.05, 4.69) is 6.92 Å². The summed E-state index contributed by atoms with van der Waals surface area (Å²) in [6, 6.07) is 0. The van der Waals surface area contributed by atoms with E-state index in [4.69, 9.17) is 9.29 Å². The molecule has 15 heavy (non-hydrogen) atoms. The summed E-state index contributed by atoms with van der Waals surface area (Å²) < 4.78 is 35.7. The average Bonchev–Trinajstić information content (AvgIpc) is 2.86. The van der Waals surface area contributed by atoms with E-state index in [1.165, 1.54) is 6.08 Å². The number of hydrogen-bond acceptors (Lipinski definition) is 3. The third-order valence-electron chi connectivity index (χ3n) is 2.81. The molecule has 84 valence electrons. The molecule has 1 aliphatic heterocycles. The van der Waals surface area contributed by atoms with Gasteiger partial charge in [-0.05, 0) is 24.3 Å². The summed E-state index contributed by atoms with van der Waals surface area (Å²) in [6.45, 7) is 2.86. The molecule has 0 radical (unpaired) electrons. The molecule has 1 saturated heterocycles. The lowest BCUT2D eigenvalue weighted by Gasteiger charge is -2.26. The Kier molecular flexibility index (Phi) is 2.48. The first-order chi connectivity index (χ1) is 6.89. The van der Waals surface area contributed by atoms with Crippen LogP contribution in [0, 0.1) is 5.41 Å². The minimum Gasteiger partial charge on any atom is -0.373 e. The van der Waals surface area contributed by atoms with Crippen molar-refractivity contribution < 1.29 is 17.7 Å². The molecule has 2 aliphatic rings. The molecule has 1 N–H and O–H groups in total. The van der Waals surface area contributed by atoms with Gasteiger partial charge in [0.2, 0.25) is 0 Å². The number of allylic oxidation sites excluding steroid dienone is 3. The molecule has 1 fully saturated rings. The molecule has 0 spiro atoms. The molecule has 1 unspecified atom stereocenters. The van der Waals surface area contributed by atoms with E-state index in [0.717, 1.165) is 13.0 Å². The van der Waals surface area contributed by atoms with Crippen LogP contribution in [0.15, 0.2) is 23.1 Å². The van der Waals surface area contributed by atoms with Crippen molar-refractivity contribution in [2.24, 2.45) is 5.41 Å². The topological polar surface area (TPSA) is 66.9 Å². The van der Waals surface area contributed by atoms with Gasteiger partial charge in [-0.2, -0.15) is 8.42 Å². The lowest BCUT2D eigenvalue weighted by molar-refractivity contribution is 0.309. The summed E-state index contributed by atoms with van der Waals surface area (Å²) in [4.78, 5) is -0.00306. The highest BCUT2D eigenvalue weighted by Crippen LogP contribution is 2.38. The fourth-order valence-electron chi connectivity index (χ4n) is 1.80. The Hall–Kier alpha value is -0.650. The second-order valence-corrected chi connectivity index (χ2v) is 5.85. The quantitative estimate of drug-likeness (QED) is 0.589. The molecule has 0 bridgehead atoms. The Bertz CT molecular complexity index is 417. The molecule has 2 atom stereocenters. The second kappa shape index (κ2) is 3.43. The highest BCUT2D eigenvalue weighted by Gasteiger charge is 2.34. The van der Waals surface area contributed by atoms with E-state index in [1.54, 1.807) is 6.08 Å². The third-order valence-corrected chi connectivity index (χ3v) is 3.71. The maximum Gasteiger partial charge on any atom is 0.294 e. The van der Waals surface area contributed by atoms with Gasteiger partial charge in [-0.15, -0.1) is 0 Å². The average molecular weight is 230 g/mol. The molecule has 0 aromatic heterocycles. The van der Waals surface area contributed by atoms with Crippen LogP contribution < -0.4 is 0 Å². The highest BCUT2D eigenvalue weighted by atomic mass is 32.2. The van der Waals surface area contributed by atoms with Crippen LogP contribution >= 0.6 is 0 Å². The van der Waals surface area contributed by atoms with Crippen molar-refractivity contribution in [1.82, 2.24) is 0 Å². The maximum absolute atomic E-state index is 10.8. The van der Waals surface area contributed by atoms with Gasteiger partial charge in [0.25, 0.3) is 10.1 Å². The zero-order chi connectivity index (χ0) is 11.1. The molecule has 0 aromatic carbocycles. The van der Waals surface area contributed by atoms with E-state index in [9.17, 15) is 8.42 Å². The van der Waals surface area contributed by atoms with E-state index >= 15 is 0 Å². The first kappa shape index (κ1) is 10.9. The predicted molar refractivity (Wildman–Crippen MR) is 55.9 cm³/mol. The van der Waals surface area contributed by atoms with Crippen LogP contribution in [-0.2, 0) is 14.9 Å². The van der Waals surface area contributed by atoms with Gasteiger partial charge >= 0.3 is 0 Å². The van der Waals surface area contributed by atoms with Crippen LogP contribution in [0.25, 0.3) is 0 Å². The molecule has 0 saturated carbocycles. The van der Waals surface area contributed by atoms with Gasteiger partial charge in [0.05, 0.1) is 17.6 Å². The van der Waals surface area contributed by atoms with E-state index in [1.807, 2.05) is 6.08 Å². The Morgan fingerprint density at radius 2 is 2.33 bits per heavy atom. The number of hydrogen-bond donors (Lipinski definition) is 1. The summed E-state index contributed by atoms with van der Waals surface area (Å²) in [5.74, 6) is 0. The van der Waals surface area contributed by atoms with Gasteiger partial charge in [-0.3, -0.25) is 4.55 Å². The van der Waals surface area contributed by atoms with Crippen LogP contribution in [0.5, 0.6) is 0 Å². The molecule has 0 aromatic rings. The molecule has 1 aliphatic carbocycles. The SMILES string of the molecule is C[C@@]1(CC2CO2)C=CC(S(=O)(=O)O)=CC1. The van der Waals surface area contributed by atoms with Crippen molar-refractivity contribution in [2.75, 3.05) is 6.61 Å². The van der Waals surface area contributed by atoms with E-state index in [0.29, 0.717) is 12.5 Å². The molecule has 2 rings (SSSR count). The van der Waals surface area contributed by atoms with Crippen LogP contribution in [0.1, 0.15) is 19.8 Å². The van der Waals surface area contributed by atoms with Crippen LogP contribution in [0.2, 0.25) is 0 Å². The smallest absolute Gasteiger partial charge is 0.294 e. The molecule has 4 nitrogen and oxygen atoms in total. The predicted octanol–water partition coefficient (Wildman–Crippen LogP) is 1.51. The summed E-state index contributed by atoms with van der Waals surface area (Å²) in [5, 5.41) is 0. The molecular weight excluding hydrogens is 216 g/mol. The van der Waals surface area contributed by atoms with Gasteiger partial charge in [0, 0.05) is 0 Å². The number of rotatable bonds is 3. The largest absolute Gasteiger partial charge is 0.373 e. The maximum atomic E-state index is 10.8. The summed E-state index contributed by atoms with van der Waals surface area (Å²) in [6.07, 6.45) is 6.73. The first-order valence-electron chi connectivity index (χ1n) is 4.88. The summed E-state index contributed by atoms with van der Waals surface area (Å²) in [7, 11) is -4.05. The molecule has 1 heterocycles. The first-order valence-corrected chi connectivity index (χ1v) is 6.32. The minimum atomic E-state index is -4.05. The van der Waals surface area contributed by atoms with Crippen molar-refractivity contribution in [1.29, 1.82) is 0 Å². The van der Waals surface area contributed by atoms with Gasteiger partial charge in [-0.1, -0.05) is 19.1 Å². The van der Waals surface area contributed by atoms with Crippen LogP contribution in [-0.4, -0.2) is 25.7 Å². The Morgan fingerprint density at radius 3 is 2.73 bits per heavy atom. The van der Waals surface area contributed by atoms with E-state index < -0.39 is 10.1 Å². The van der Waals surface area contributed by atoms with Crippen molar-refractivity contribution >= 4 is 10.1 Å². The van der Waals surface area contributed by atoms with Gasteiger partial charge in [0.1, 0.15) is 0 Å². The molecule has 0 amide bonds. The van der Waals surface area contributed by atoms with Gasteiger partial charge < -0.3 is 4.74 Å². The summed E-state index contributed by atoms with van der Waals surface area (Å²) >= 11 is 0. The lowest BCUT2D eigenvalue weighted by atomic mass is 9.80. The molecule has 5 heteroatoms. The van der Waals surface area contributed by atoms with Gasteiger partial charge in [-0.25, -0.2) is 0 Å². The van der Waals surface area contributed by atoms with Crippen molar-refractivity contribution in [3.05, 3.63) is 23.1 Å². The fraction of sp³-hybridized carbons (Fsp3) is 0.600. The van der Waals surface area contributed by atoms with Gasteiger partial charge in [0.15, 0.2) is 0 Å². The second-order valence-electron chi connectivity index (χ2n) is 4.43. The Morgan fingerprint density at radius 1 is 1.67 bits per heavy atom. The van der Waals surface area contributed by atoms with Crippen molar-refractivity contribution in [3.8, 4) is 0 Å². The number of ether oxygens (including phenoxy) is 1. The minimum absolute atomic E-state index is 0.00306.